The summed E-state index contributed by atoms with van der Waals surface area (Å²) in [5, 5.41) is 41.4. The number of hydrogen-bond donors (Lipinski definition) is 4. The lowest BCUT2D eigenvalue weighted by atomic mass is 9.98. The van der Waals surface area contributed by atoms with Gasteiger partial charge in [0.25, 0.3) is 0 Å². The van der Waals surface area contributed by atoms with E-state index in [1.54, 1.807) is 4.57 Å². The third-order valence-electron chi connectivity index (χ3n) is 5.59. The number of aliphatic hydroxyl groups excluding tert-OH is 4. The summed E-state index contributed by atoms with van der Waals surface area (Å²) in [7, 11) is 0. The van der Waals surface area contributed by atoms with Crippen LogP contribution in [0, 0.1) is 0 Å². The first kappa shape index (κ1) is 20.8. The van der Waals surface area contributed by atoms with Crippen molar-refractivity contribution in [3.05, 3.63) is 65.9 Å². The fraction of sp³-hybridized carbons (Fsp3) is 0.391. The molecule has 2 heterocycles. The number of aromatic nitrogens is 1. The molecule has 0 unspecified atom stereocenters. The van der Waals surface area contributed by atoms with E-state index in [4.69, 9.17) is 9.47 Å². The second-order valence-corrected chi connectivity index (χ2v) is 7.55. The Balaban J connectivity index is 1.68. The van der Waals surface area contributed by atoms with Gasteiger partial charge in [0.05, 0.1) is 18.7 Å². The number of hydrogen-bond acceptors (Lipinski definition) is 6. The van der Waals surface area contributed by atoms with Crippen molar-refractivity contribution in [2.75, 3.05) is 13.2 Å². The summed E-state index contributed by atoms with van der Waals surface area (Å²) in [4.78, 5) is 0. The van der Waals surface area contributed by atoms with E-state index in [-0.39, 0.29) is 0 Å². The number of fused-ring (bicyclic) bond motifs is 1. The lowest BCUT2D eigenvalue weighted by Gasteiger charge is -2.40. The van der Waals surface area contributed by atoms with Crippen molar-refractivity contribution in [2.45, 2.75) is 44.0 Å². The Kier molecular flexibility index (Phi) is 6.08. The molecule has 0 saturated carbocycles. The largest absolute Gasteiger partial charge is 0.494 e. The zero-order valence-corrected chi connectivity index (χ0v) is 16.8. The quantitative estimate of drug-likeness (QED) is 0.489. The first-order valence-electron chi connectivity index (χ1n) is 10.1. The summed E-state index contributed by atoms with van der Waals surface area (Å²) in [5.41, 5.74) is 2.98. The zero-order valence-electron chi connectivity index (χ0n) is 16.8. The van der Waals surface area contributed by atoms with Crippen LogP contribution in [0.4, 0.5) is 0 Å². The average Bonchev–Trinajstić information content (AvgIpc) is 3.12. The van der Waals surface area contributed by atoms with Gasteiger partial charge in [-0.1, -0.05) is 30.3 Å². The molecule has 4 rings (SSSR count). The molecule has 3 aromatic rings. The molecule has 1 aliphatic rings. The van der Waals surface area contributed by atoms with Gasteiger partial charge in [-0.25, -0.2) is 0 Å². The zero-order chi connectivity index (χ0) is 21.3. The highest BCUT2D eigenvalue weighted by atomic mass is 16.6. The molecule has 2 aromatic carbocycles. The Morgan fingerprint density at radius 3 is 2.40 bits per heavy atom. The van der Waals surface area contributed by atoms with E-state index in [9.17, 15) is 20.4 Å². The van der Waals surface area contributed by atoms with E-state index >= 15 is 0 Å². The molecule has 1 aliphatic heterocycles. The highest BCUT2D eigenvalue weighted by Gasteiger charge is 2.44. The molecule has 1 saturated heterocycles. The molecule has 1 aromatic heterocycles. The number of ether oxygens (including phenoxy) is 2. The summed E-state index contributed by atoms with van der Waals surface area (Å²) in [6, 6.07) is 15.7. The smallest absolute Gasteiger partial charge is 0.163 e. The number of benzene rings is 2. The minimum atomic E-state index is -1.42. The molecular formula is C23H27NO6. The summed E-state index contributed by atoms with van der Waals surface area (Å²) >= 11 is 0. The topological polar surface area (TPSA) is 104 Å². The van der Waals surface area contributed by atoms with Gasteiger partial charge in [0, 0.05) is 11.6 Å². The molecular weight excluding hydrogens is 386 g/mol. The molecule has 7 heteroatoms. The van der Waals surface area contributed by atoms with E-state index in [1.165, 1.54) is 0 Å². The van der Waals surface area contributed by atoms with Crippen molar-refractivity contribution in [1.82, 2.24) is 4.57 Å². The fourth-order valence-electron chi connectivity index (χ4n) is 4.03. The highest BCUT2D eigenvalue weighted by molar-refractivity contribution is 5.84. The Morgan fingerprint density at radius 1 is 0.967 bits per heavy atom. The predicted molar refractivity (Wildman–Crippen MR) is 111 cm³/mol. The van der Waals surface area contributed by atoms with Crippen LogP contribution in [-0.2, 0) is 11.2 Å². The van der Waals surface area contributed by atoms with Gasteiger partial charge >= 0.3 is 0 Å². The van der Waals surface area contributed by atoms with Crippen molar-refractivity contribution in [2.24, 2.45) is 0 Å². The summed E-state index contributed by atoms with van der Waals surface area (Å²) in [5.74, 6) is 0.824. The van der Waals surface area contributed by atoms with E-state index in [0.717, 1.165) is 27.8 Å². The van der Waals surface area contributed by atoms with E-state index in [0.29, 0.717) is 13.0 Å². The van der Waals surface area contributed by atoms with Crippen LogP contribution in [0.5, 0.6) is 5.75 Å². The highest BCUT2D eigenvalue weighted by Crippen LogP contribution is 2.34. The number of para-hydroxylation sites is 1. The van der Waals surface area contributed by atoms with Crippen molar-refractivity contribution in [3.63, 3.8) is 0 Å². The van der Waals surface area contributed by atoms with Crippen molar-refractivity contribution < 1.29 is 29.9 Å². The van der Waals surface area contributed by atoms with Gasteiger partial charge in [-0.05, 0) is 42.7 Å². The Hall–Kier alpha value is -2.42. The Bertz CT molecular complexity index is 983. The van der Waals surface area contributed by atoms with E-state index in [2.05, 4.69) is 0 Å². The molecule has 7 nitrogen and oxygen atoms in total. The monoisotopic (exact) mass is 413 g/mol. The average molecular weight is 413 g/mol. The lowest BCUT2D eigenvalue weighted by Crippen LogP contribution is -2.56. The molecule has 160 valence electrons. The van der Waals surface area contributed by atoms with Crippen LogP contribution < -0.4 is 4.74 Å². The molecule has 4 N–H and O–H groups in total. The summed E-state index contributed by atoms with van der Waals surface area (Å²) in [6.07, 6.45) is -3.46. The normalized spacial score (nSPS) is 26.8. The van der Waals surface area contributed by atoms with Gasteiger partial charge < -0.3 is 34.5 Å². The number of nitrogens with zero attached hydrogens (tertiary/aromatic N) is 1. The molecule has 0 aliphatic carbocycles. The SMILES string of the molecule is CCOc1ccc(Cc2cn([C@@H]3O[C@H](CO)[C@@H](O)[C@H](O)[C@H]3O)c3ccccc23)cc1. The van der Waals surface area contributed by atoms with Crippen LogP contribution in [-0.4, -0.2) is 62.6 Å². The maximum atomic E-state index is 10.6. The maximum absolute atomic E-state index is 10.6. The van der Waals surface area contributed by atoms with Crippen molar-refractivity contribution in [3.8, 4) is 5.75 Å². The molecule has 0 amide bonds. The fourth-order valence-corrected chi connectivity index (χ4v) is 4.03. The third kappa shape index (κ3) is 3.82. The minimum Gasteiger partial charge on any atom is -0.494 e. The third-order valence-corrected chi connectivity index (χ3v) is 5.59. The van der Waals surface area contributed by atoms with Crippen molar-refractivity contribution in [1.29, 1.82) is 0 Å². The van der Waals surface area contributed by atoms with Crippen LogP contribution in [0.25, 0.3) is 10.9 Å². The molecule has 0 radical (unpaired) electrons. The molecule has 1 fully saturated rings. The minimum absolute atomic E-state index is 0.459. The standard InChI is InChI=1S/C23H27NO6/c1-2-29-16-9-7-14(8-10-16)11-15-12-24(18-6-4-3-5-17(15)18)23-22(28)21(27)20(26)19(13-25)30-23/h3-10,12,19-23,25-28H,2,11,13H2,1H3/t19-,20-,21+,22-,23-/m1/s1. The van der Waals surface area contributed by atoms with Gasteiger partial charge in [0.2, 0.25) is 0 Å². The van der Waals surface area contributed by atoms with E-state index in [1.807, 2.05) is 61.7 Å². The van der Waals surface area contributed by atoms with Gasteiger partial charge in [0.1, 0.15) is 30.2 Å². The molecule has 0 spiro atoms. The van der Waals surface area contributed by atoms with Gasteiger partial charge in [0.15, 0.2) is 6.23 Å². The summed E-state index contributed by atoms with van der Waals surface area (Å²) in [6.45, 7) is 2.10. The van der Waals surface area contributed by atoms with Crippen LogP contribution >= 0.6 is 0 Å². The van der Waals surface area contributed by atoms with Crippen LogP contribution in [0.15, 0.2) is 54.7 Å². The summed E-state index contributed by atoms with van der Waals surface area (Å²) < 4.78 is 13.0. The second-order valence-electron chi connectivity index (χ2n) is 7.55. The first-order valence-corrected chi connectivity index (χ1v) is 10.1. The van der Waals surface area contributed by atoms with Gasteiger partial charge in [-0.2, -0.15) is 0 Å². The number of aliphatic hydroxyl groups is 4. The number of rotatable bonds is 6. The molecule has 0 bridgehead atoms. The molecule has 5 atom stereocenters. The van der Waals surface area contributed by atoms with Crippen molar-refractivity contribution >= 4 is 10.9 Å². The lowest BCUT2D eigenvalue weighted by molar-refractivity contribution is -0.250. The first-order chi connectivity index (χ1) is 14.5. The van der Waals surface area contributed by atoms with Crippen LogP contribution in [0.2, 0.25) is 0 Å². The van der Waals surface area contributed by atoms with Crippen LogP contribution in [0.1, 0.15) is 24.3 Å². The van der Waals surface area contributed by atoms with Gasteiger partial charge in [-0.15, -0.1) is 0 Å². The van der Waals surface area contributed by atoms with Gasteiger partial charge in [-0.3, -0.25) is 0 Å². The predicted octanol–water partition coefficient (Wildman–Crippen LogP) is 1.60. The van der Waals surface area contributed by atoms with E-state index < -0.39 is 37.3 Å². The maximum Gasteiger partial charge on any atom is 0.163 e. The Morgan fingerprint density at radius 2 is 1.70 bits per heavy atom. The molecule has 30 heavy (non-hydrogen) atoms. The Labute approximate surface area is 174 Å². The van der Waals surface area contributed by atoms with Crippen LogP contribution in [0.3, 0.4) is 0 Å². The second kappa shape index (κ2) is 8.75.